The zero-order chi connectivity index (χ0) is 14.9. The maximum atomic E-state index is 11.8. The summed E-state index contributed by atoms with van der Waals surface area (Å²) in [6, 6.07) is 0. The van der Waals surface area contributed by atoms with Crippen LogP contribution in [0.2, 0.25) is 0 Å². The van der Waals surface area contributed by atoms with Gasteiger partial charge in [0.15, 0.2) is 0 Å². The first-order chi connectivity index (χ1) is 10.3. The van der Waals surface area contributed by atoms with E-state index in [1.165, 1.54) is 19.4 Å². The summed E-state index contributed by atoms with van der Waals surface area (Å²) in [6.45, 7) is 6.74. The van der Waals surface area contributed by atoms with E-state index < -0.39 is 0 Å². The third-order valence-corrected chi connectivity index (χ3v) is 3.85. The SMILES string of the molecule is C/C=C/CN1CCCC(CNC(=O)CCn2cnnc2)C1. The van der Waals surface area contributed by atoms with E-state index in [1.54, 1.807) is 12.7 Å². The molecule has 0 aromatic carbocycles. The molecule has 0 radical (unpaired) electrons. The van der Waals surface area contributed by atoms with Crippen LogP contribution in [0.5, 0.6) is 0 Å². The molecule has 21 heavy (non-hydrogen) atoms. The smallest absolute Gasteiger partial charge is 0.221 e. The first-order valence-electron chi connectivity index (χ1n) is 7.70. The number of amides is 1. The number of hydrogen-bond donors (Lipinski definition) is 1. The summed E-state index contributed by atoms with van der Waals surface area (Å²) >= 11 is 0. The molecule has 1 aromatic rings. The molecule has 1 fully saturated rings. The van der Waals surface area contributed by atoms with E-state index in [0.29, 0.717) is 18.9 Å². The molecule has 1 N–H and O–H groups in total. The molecule has 0 bridgehead atoms. The van der Waals surface area contributed by atoms with Crippen LogP contribution in [0.25, 0.3) is 0 Å². The number of aromatic nitrogens is 3. The quantitative estimate of drug-likeness (QED) is 0.763. The predicted octanol–water partition coefficient (Wildman–Crippen LogP) is 1.07. The van der Waals surface area contributed by atoms with Crippen LogP contribution in [0.15, 0.2) is 24.8 Å². The zero-order valence-corrected chi connectivity index (χ0v) is 12.7. The molecule has 1 unspecified atom stereocenters. The van der Waals surface area contributed by atoms with Crippen LogP contribution in [0.1, 0.15) is 26.2 Å². The van der Waals surface area contributed by atoms with Crippen molar-refractivity contribution >= 4 is 5.91 Å². The van der Waals surface area contributed by atoms with Crippen LogP contribution in [0.4, 0.5) is 0 Å². The summed E-state index contributed by atoms with van der Waals surface area (Å²) in [5, 5.41) is 10.5. The number of allylic oxidation sites excluding steroid dienone is 1. The Hall–Kier alpha value is -1.69. The van der Waals surface area contributed by atoms with Crippen molar-refractivity contribution in [1.29, 1.82) is 0 Å². The molecule has 1 aliphatic heterocycles. The van der Waals surface area contributed by atoms with E-state index in [0.717, 1.165) is 19.6 Å². The Morgan fingerprint density at radius 2 is 2.24 bits per heavy atom. The molecule has 6 heteroatoms. The van der Waals surface area contributed by atoms with Gasteiger partial charge < -0.3 is 9.88 Å². The van der Waals surface area contributed by atoms with Crippen LogP contribution in [0.3, 0.4) is 0 Å². The second-order valence-corrected chi connectivity index (χ2v) is 5.59. The lowest BCUT2D eigenvalue weighted by Crippen LogP contribution is -2.41. The molecule has 1 saturated heterocycles. The highest BCUT2D eigenvalue weighted by atomic mass is 16.1. The molecule has 2 heterocycles. The van der Waals surface area contributed by atoms with Gasteiger partial charge in [-0.05, 0) is 32.2 Å². The van der Waals surface area contributed by atoms with Crippen LogP contribution in [0, 0.1) is 5.92 Å². The van der Waals surface area contributed by atoms with Crippen LogP contribution in [-0.4, -0.2) is 51.8 Å². The van der Waals surface area contributed by atoms with Crippen molar-refractivity contribution in [3.63, 3.8) is 0 Å². The third-order valence-electron chi connectivity index (χ3n) is 3.85. The van der Waals surface area contributed by atoms with Gasteiger partial charge in [-0.3, -0.25) is 9.69 Å². The highest BCUT2D eigenvalue weighted by Crippen LogP contribution is 2.15. The van der Waals surface area contributed by atoms with Crippen molar-refractivity contribution in [3.8, 4) is 0 Å². The van der Waals surface area contributed by atoms with Gasteiger partial charge in [-0.1, -0.05) is 12.2 Å². The van der Waals surface area contributed by atoms with Gasteiger partial charge in [0.1, 0.15) is 12.7 Å². The molecule has 6 nitrogen and oxygen atoms in total. The van der Waals surface area contributed by atoms with E-state index in [4.69, 9.17) is 0 Å². The minimum absolute atomic E-state index is 0.106. The molecule has 2 rings (SSSR count). The fraction of sp³-hybridized carbons (Fsp3) is 0.667. The number of aryl methyl sites for hydroxylation is 1. The van der Waals surface area contributed by atoms with Gasteiger partial charge in [0.2, 0.25) is 5.91 Å². The van der Waals surface area contributed by atoms with Gasteiger partial charge in [0, 0.05) is 32.6 Å². The molecule has 116 valence electrons. The number of nitrogens with one attached hydrogen (secondary N) is 1. The monoisotopic (exact) mass is 291 g/mol. The Morgan fingerprint density at radius 3 is 3.00 bits per heavy atom. The second-order valence-electron chi connectivity index (χ2n) is 5.59. The minimum atomic E-state index is 0.106. The number of piperidine rings is 1. The Balaban J connectivity index is 1.63. The van der Waals surface area contributed by atoms with Gasteiger partial charge >= 0.3 is 0 Å². The predicted molar refractivity (Wildman–Crippen MR) is 81.6 cm³/mol. The summed E-state index contributed by atoms with van der Waals surface area (Å²) in [7, 11) is 0. The molecule has 0 saturated carbocycles. The topological polar surface area (TPSA) is 63.1 Å². The van der Waals surface area contributed by atoms with E-state index in [-0.39, 0.29) is 5.91 Å². The average Bonchev–Trinajstić information content (AvgIpc) is 3.03. The maximum Gasteiger partial charge on any atom is 0.221 e. The third kappa shape index (κ3) is 5.67. The van der Waals surface area contributed by atoms with Crippen molar-refractivity contribution in [2.24, 2.45) is 5.92 Å². The number of hydrogen-bond acceptors (Lipinski definition) is 4. The lowest BCUT2D eigenvalue weighted by Gasteiger charge is -2.32. The van der Waals surface area contributed by atoms with Crippen molar-refractivity contribution < 1.29 is 4.79 Å². The number of nitrogens with zero attached hydrogens (tertiary/aromatic N) is 4. The Morgan fingerprint density at radius 1 is 1.43 bits per heavy atom. The van der Waals surface area contributed by atoms with Gasteiger partial charge in [-0.15, -0.1) is 10.2 Å². The highest BCUT2D eigenvalue weighted by Gasteiger charge is 2.19. The molecule has 0 spiro atoms. The normalized spacial score (nSPS) is 20.0. The van der Waals surface area contributed by atoms with E-state index in [1.807, 2.05) is 4.57 Å². The Bertz CT molecular complexity index is 443. The minimum Gasteiger partial charge on any atom is -0.356 e. The van der Waals surface area contributed by atoms with Crippen molar-refractivity contribution in [1.82, 2.24) is 25.0 Å². The zero-order valence-electron chi connectivity index (χ0n) is 12.7. The number of rotatable bonds is 7. The van der Waals surface area contributed by atoms with Crippen molar-refractivity contribution in [2.45, 2.75) is 32.7 Å². The second kappa shape index (κ2) is 8.56. The van der Waals surface area contributed by atoms with Crippen LogP contribution >= 0.6 is 0 Å². The molecule has 1 aliphatic rings. The van der Waals surface area contributed by atoms with Gasteiger partial charge in [-0.25, -0.2) is 0 Å². The standard InChI is InChI=1S/C15H25N5O/c1-2-3-7-19-8-4-5-14(11-19)10-16-15(21)6-9-20-12-17-18-13-20/h2-3,12-14H,4-11H2,1H3,(H,16,21)/b3-2+. The van der Waals surface area contributed by atoms with Crippen LogP contribution in [-0.2, 0) is 11.3 Å². The van der Waals surface area contributed by atoms with Gasteiger partial charge in [0.25, 0.3) is 0 Å². The van der Waals surface area contributed by atoms with Crippen molar-refractivity contribution in [3.05, 3.63) is 24.8 Å². The first kappa shape index (κ1) is 15.7. The highest BCUT2D eigenvalue weighted by molar-refractivity contribution is 5.75. The summed E-state index contributed by atoms with van der Waals surface area (Å²) in [5.74, 6) is 0.678. The average molecular weight is 291 g/mol. The molecule has 1 atom stereocenters. The van der Waals surface area contributed by atoms with E-state index in [2.05, 4.69) is 39.5 Å². The van der Waals surface area contributed by atoms with Gasteiger partial charge in [0.05, 0.1) is 0 Å². The summed E-state index contributed by atoms with van der Waals surface area (Å²) in [4.78, 5) is 14.3. The number of carbonyl (C=O) groups is 1. The molecular weight excluding hydrogens is 266 g/mol. The first-order valence-corrected chi connectivity index (χ1v) is 7.70. The van der Waals surface area contributed by atoms with Crippen LogP contribution < -0.4 is 5.32 Å². The Labute approximate surface area is 126 Å². The molecule has 0 aliphatic carbocycles. The molecule has 1 amide bonds. The van der Waals surface area contributed by atoms with Gasteiger partial charge in [-0.2, -0.15) is 0 Å². The lowest BCUT2D eigenvalue weighted by atomic mass is 9.98. The fourth-order valence-electron chi connectivity index (χ4n) is 2.65. The lowest BCUT2D eigenvalue weighted by molar-refractivity contribution is -0.121. The largest absolute Gasteiger partial charge is 0.356 e. The summed E-state index contributed by atoms with van der Waals surface area (Å²) in [5.41, 5.74) is 0. The molecular formula is C15H25N5O. The Kier molecular flexibility index (Phi) is 6.40. The summed E-state index contributed by atoms with van der Waals surface area (Å²) in [6.07, 6.45) is 10.5. The number of carbonyl (C=O) groups excluding carboxylic acids is 1. The maximum absolute atomic E-state index is 11.8. The summed E-state index contributed by atoms with van der Waals surface area (Å²) < 4.78 is 1.82. The van der Waals surface area contributed by atoms with Crippen molar-refractivity contribution in [2.75, 3.05) is 26.2 Å². The van der Waals surface area contributed by atoms with E-state index >= 15 is 0 Å². The molecule has 1 aromatic heterocycles. The fourth-order valence-corrected chi connectivity index (χ4v) is 2.65. The number of likely N-dealkylation sites (tertiary alicyclic amines) is 1. The van der Waals surface area contributed by atoms with E-state index in [9.17, 15) is 4.79 Å².